The second-order valence-corrected chi connectivity index (χ2v) is 17.2. The first-order chi connectivity index (χ1) is 18.7. The van der Waals surface area contributed by atoms with Gasteiger partial charge >= 0.3 is 17.9 Å². The third-order valence-electron chi connectivity index (χ3n) is 7.68. The molecule has 9 heteroatoms. The Bertz CT molecular complexity index is 893. The van der Waals surface area contributed by atoms with Crippen LogP contribution in [0.4, 0.5) is 0 Å². The summed E-state index contributed by atoms with van der Waals surface area (Å²) < 4.78 is 5.84. The number of carbonyl (C=O) groups is 3. The maximum Gasteiger partial charge on any atom is 0.323 e. The molecule has 0 radical (unpaired) electrons. The van der Waals surface area contributed by atoms with Gasteiger partial charge in [0.25, 0.3) is 0 Å². The first kappa shape index (κ1) is 38.3. The van der Waals surface area contributed by atoms with Gasteiger partial charge in [0.05, 0.1) is 0 Å². The average molecular weight is 598 g/mol. The highest BCUT2D eigenvalue weighted by molar-refractivity contribution is 5.77. The highest BCUT2D eigenvalue weighted by Crippen LogP contribution is 2.35. The van der Waals surface area contributed by atoms with Crippen LogP contribution in [0.3, 0.4) is 0 Å². The zero-order valence-corrected chi connectivity index (χ0v) is 29.1. The second-order valence-electron chi connectivity index (χ2n) is 17.2. The summed E-state index contributed by atoms with van der Waals surface area (Å²) in [5, 5.41) is 19.1. The van der Waals surface area contributed by atoms with Crippen LogP contribution in [0, 0.1) is 16.2 Å². The van der Waals surface area contributed by atoms with Gasteiger partial charge < -0.3 is 14.9 Å². The van der Waals surface area contributed by atoms with E-state index in [-0.39, 0.29) is 41.5 Å². The molecule has 1 rings (SSSR count). The number of carbonyl (C=O) groups excluding carboxylic acids is 1. The molecule has 0 aromatic rings. The van der Waals surface area contributed by atoms with Gasteiger partial charge in [-0.3, -0.25) is 29.1 Å². The van der Waals surface area contributed by atoms with Crippen LogP contribution >= 0.6 is 0 Å². The van der Waals surface area contributed by atoms with Crippen LogP contribution in [0.25, 0.3) is 0 Å². The molecule has 1 aliphatic rings. The Balaban J connectivity index is 3.75. The number of nitrogens with zero attached hydrogens (tertiary/aromatic N) is 3. The van der Waals surface area contributed by atoms with E-state index in [1.54, 1.807) is 0 Å². The minimum atomic E-state index is -0.939. The van der Waals surface area contributed by atoms with E-state index in [1.807, 2.05) is 20.8 Å². The SMILES string of the molecule is CC(C)(C)CN(CC(C)(C)C)C1(C)CN(C(CCC(=O)O)C(=O)OC(C)(C)C)CCN(C(CCC(=O)O)C(C)(C)C)C1. The predicted octanol–water partition coefficient (Wildman–Crippen LogP) is 5.61. The van der Waals surface area contributed by atoms with E-state index < -0.39 is 35.1 Å². The quantitative estimate of drug-likeness (QED) is 0.277. The third-order valence-corrected chi connectivity index (χ3v) is 7.68. The number of hydrogen-bond acceptors (Lipinski definition) is 7. The van der Waals surface area contributed by atoms with Gasteiger partial charge in [-0.25, -0.2) is 0 Å². The van der Waals surface area contributed by atoms with Crippen molar-refractivity contribution in [2.75, 3.05) is 39.3 Å². The van der Waals surface area contributed by atoms with Gasteiger partial charge in [-0.05, 0) is 56.8 Å². The molecule has 0 saturated carbocycles. The molecule has 2 N–H and O–H groups in total. The lowest BCUT2D eigenvalue weighted by Gasteiger charge is -2.51. The average Bonchev–Trinajstić information content (AvgIpc) is 2.89. The van der Waals surface area contributed by atoms with Crippen LogP contribution in [-0.4, -0.2) is 105 Å². The Kier molecular flexibility index (Phi) is 13.1. The molecule has 3 atom stereocenters. The fourth-order valence-electron chi connectivity index (χ4n) is 6.16. The Labute approximate surface area is 256 Å². The molecule has 42 heavy (non-hydrogen) atoms. The Morgan fingerprint density at radius 3 is 1.60 bits per heavy atom. The topological polar surface area (TPSA) is 111 Å². The van der Waals surface area contributed by atoms with Crippen molar-refractivity contribution in [1.82, 2.24) is 14.7 Å². The maximum absolute atomic E-state index is 13.6. The predicted molar refractivity (Wildman–Crippen MR) is 169 cm³/mol. The van der Waals surface area contributed by atoms with E-state index in [4.69, 9.17) is 4.74 Å². The Hall–Kier alpha value is -1.71. The molecule has 0 spiro atoms. The molecule has 0 bridgehead atoms. The van der Waals surface area contributed by atoms with Crippen molar-refractivity contribution in [2.24, 2.45) is 16.2 Å². The molecule has 0 aromatic carbocycles. The number of carboxylic acid groups (broad SMARTS) is 2. The first-order valence-corrected chi connectivity index (χ1v) is 15.6. The van der Waals surface area contributed by atoms with Gasteiger partial charge in [0.1, 0.15) is 11.6 Å². The Morgan fingerprint density at radius 1 is 0.762 bits per heavy atom. The van der Waals surface area contributed by atoms with Gasteiger partial charge in [0, 0.05) is 63.7 Å². The van der Waals surface area contributed by atoms with Crippen molar-refractivity contribution in [2.45, 2.75) is 139 Å². The minimum Gasteiger partial charge on any atom is -0.481 e. The highest BCUT2D eigenvalue weighted by atomic mass is 16.6. The molecule has 0 amide bonds. The molecule has 3 unspecified atom stereocenters. The van der Waals surface area contributed by atoms with E-state index in [2.05, 4.69) is 83.9 Å². The normalized spacial score (nSPS) is 21.6. The van der Waals surface area contributed by atoms with Crippen LogP contribution in [-0.2, 0) is 19.1 Å². The van der Waals surface area contributed by atoms with Crippen molar-refractivity contribution < 1.29 is 29.3 Å². The standard InChI is InChI=1S/C33H63N3O6/c1-29(2,3)20-36(21-30(4,5)6)33(13)22-34(24(14-16-26(37)38)28(41)42-32(10,11)12)18-19-35(23-33)25(31(7,8)9)15-17-27(39)40/h24-25H,14-23H2,1-13H3,(H,37,38)(H,39,40). The molecule has 1 fully saturated rings. The lowest BCUT2D eigenvalue weighted by Crippen LogP contribution is -2.63. The lowest BCUT2D eigenvalue weighted by atomic mass is 9.81. The zero-order chi connectivity index (χ0) is 32.9. The summed E-state index contributed by atoms with van der Waals surface area (Å²) >= 11 is 0. The number of rotatable bonds is 12. The summed E-state index contributed by atoms with van der Waals surface area (Å²) in [5.74, 6) is -2.13. The van der Waals surface area contributed by atoms with E-state index in [1.165, 1.54) is 0 Å². The van der Waals surface area contributed by atoms with Gasteiger partial charge in [-0.2, -0.15) is 0 Å². The number of ether oxygens (including phenoxy) is 1. The number of esters is 1. The van der Waals surface area contributed by atoms with Gasteiger partial charge in [-0.1, -0.05) is 62.3 Å². The second kappa shape index (κ2) is 14.4. The van der Waals surface area contributed by atoms with E-state index >= 15 is 0 Å². The van der Waals surface area contributed by atoms with E-state index in [0.29, 0.717) is 32.6 Å². The summed E-state index contributed by atoms with van der Waals surface area (Å²) in [6.45, 7) is 31.8. The van der Waals surface area contributed by atoms with Crippen LogP contribution in [0.1, 0.15) is 116 Å². The summed E-state index contributed by atoms with van der Waals surface area (Å²) in [5.41, 5.74) is -1.25. The lowest BCUT2D eigenvalue weighted by molar-refractivity contribution is -0.162. The van der Waals surface area contributed by atoms with Crippen LogP contribution < -0.4 is 0 Å². The Morgan fingerprint density at radius 2 is 1.19 bits per heavy atom. The summed E-state index contributed by atoms with van der Waals surface area (Å²) in [6.07, 6.45) is 0.659. The molecule has 1 saturated heterocycles. The van der Waals surface area contributed by atoms with Crippen molar-refractivity contribution in [3.05, 3.63) is 0 Å². The molecular weight excluding hydrogens is 534 g/mol. The van der Waals surface area contributed by atoms with Crippen LogP contribution in [0.15, 0.2) is 0 Å². The van der Waals surface area contributed by atoms with Crippen molar-refractivity contribution >= 4 is 17.9 Å². The number of hydrogen-bond donors (Lipinski definition) is 2. The highest BCUT2D eigenvalue weighted by Gasteiger charge is 2.46. The van der Waals surface area contributed by atoms with Crippen LogP contribution in [0.5, 0.6) is 0 Å². The minimum absolute atomic E-state index is 0.0107. The molecule has 246 valence electrons. The van der Waals surface area contributed by atoms with Crippen LogP contribution in [0.2, 0.25) is 0 Å². The molecule has 0 aromatic heterocycles. The maximum atomic E-state index is 13.6. The third kappa shape index (κ3) is 13.7. The van der Waals surface area contributed by atoms with Crippen molar-refractivity contribution in [3.8, 4) is 0 Å². The number of carboxylic acids is 2. The van der Waals surface area contributed by atoms with Crippen molar-refractivity contribution in [3.63, 3.8) is 0 Å². The zero-order valence-electron chi connectivity index (χ0n) is 29.1. The van der Waals surface area contributed by atoms with E-state index in [9.17, 15) is 24.6 Å². The first-order valence-electron chi connectivity index (χ1n) is 15.6. The smallest absolute Gasteiger partial charge is 0.323 e. The number of aliphatic carboxylic acids is 2. The molecule has 0 aliphatic carbocycles. The fraction of sp³-hybridized carbons (Fsp3) is 0.909. The van der Waals surface area contributed by atoms with Gasteiger partial charge in [-0.15, -0.1) is 0 Å². The monoisotopic (exact) mass is 597 g/mol. The molecule has 9 nitrogen and oxygen atoms in total. The largest absolute Gasteiger partial charge is 0.481 e. The summed E-state index contributed by atoms with van der Waals surface area (Å²) in [4.78, 5) is 44.1. The van der Waals surface area contributed by atoms with E-state index in [0.717, 1.165) is 13.1 Å². The van der Waals surface area contributed by atoms with Crippen molar-refractivity contribution in [1.29, 1.82) is 0 Å². The van der Waals surface area contributed by atoms with Gasteiger partial charge in [0.2, 0.25) is 0 Å². The molecule has 1 heterocycles. The molecule has 1 aliphatic heterocycles. The molecular formula is C33H63N3O6. The fourth-order valence-corrected chi connectivity index (χ4v) is 6.16. The van der Waals surface area contributed by atoms with Gasteiger partial charge in [0.15, 0.2) is 0 Å². The summed E-state index contributed by atoms with van der Waals surface area (Å²) in [6, 6.07) is -0.684. The summed E-state index contributed by atoms with van der Waals surface area (Å²) in [7, 11) is 0.